The lowest BCUT2D eigenvalue weighted by Gasteiger charge is -2.28. The van der Waals surface area contributed by atoms with Gasteiger partial charge in [0.05, 0.1) is 12.2 Å². The Morgan fingerprint density at radius 3 is 1.74 bits per heavy atom. The lowest BCUT2D eigenvalue weighted by atomic mass is 10.0. The molecular formula is C25H37N5O8. The molecule has 2 aliphatic rings. The predicted octanol–water partition coefficient (Wildman–Crippen LogP) is -0.365. The zero-order valence-corrected chi connectivity index (χ0v) is 22.2. The molecule has 0 fully saturated rings. The number of hydrogen-bond acceptors (Lipinski definition) is 9. The molecule has 2 heterocycles. The minimum absolute atomic E-state index is 0.0465. The van der Waals surface area contributed by atoms with Gasteiger partial charge >= 0.3 is 0 Å². The maximum absolute atomic E-state index is 12.0. The summed E-state index contributed by atoms with van der Waals surface area (Å²) < 4.78 is 5.90. The average molecular weight is 536 g/mol. The van der Waals surface area contributed by atoms with E-state index in [1.54, 1.807) is 12.1 Å². The molecule has 2 N–H and O–H groups in total. The van der Waals surface area contributed by atoms with Crippen LogP contribution in [0.15, 0.2) is 24.3 Å². The van der Waals surface area contributed by atoms with Gasteiger partial charge in [0.25, 0.3) is 23.6 Å². The number of carbonyl (C=O) groups excluding carboxylic acids is 6. The first-order valence-corrected chi connectivity index (χ1v) is 12.6. The van der Waals surface area contributed by atoms with Gasteiger partial charge in [0.1, 0.15) is 6.73 Å². The van der Waals surface area contributed by atoms with Gasteiger partial charge in [-0.25, -0.2) is 0 Å². The molecule has 2 aliphatic heterocycles. The van der Waals surface area contributed by atoms with E-state index in [1.165, 1.54) is 24.3 Å². The van der Waals surface area contributed by atoms with Crippen LogP contribution in [-0.4, -0.2) is 102 Å². The molecule has 0 aromatic carbocycles. The maximum atomic E-state index is 12.0. The zero-order valence-electron chi connectivity index (χ0n) is 22.2. The largest absolute Gasteiger partial charge is 0.358 e. The van der Waals surface area contributed by atoms with E-state index in [0.29, 0.717) is 39.0 Å². The van der Waals surface area contributed by atoms with Gasteiger partial charge in [0.2, 0.25) is 11.8 Å². The molecule has 38 heavy (non-hydrogen) atoms. The maximum Gasteiger partial charge on any atom is 0.253 e. The number of nitrogens with zero attached hydrogens (tertiary/aromatic N) is 3. The Kier molecular flexibility index (Phi) is 12.2. The van der Waals surface area contributed by atoms with Crippen LogP contribution in [-0.2, 0) is 38.3 Å². The second-order valence-corrected chi connectivity index (χ2v) is 9.47. The standard InChI is InChI=1S/C25H37N5O8/c1-25(2,12-4-13-26-19(31)10-15-29-21(33)6-7-22(29)34)37-18-28(3)38-17-5-14-27-20(32)11-16-30-23(35)8-9-24(30)36/h6-9H,4-5,10-18H2,1-3H3,(H,26,31)(H,27,32). The van der Waals surface area contributed by atoms with Crippen molar-refractivity contribution in [1.29, 1.82) is 0 Å². The molecule has 0 spiro atoms. The molecule has 6 amide bonds. The van der Waals surface area contributed by atoms with Crippen molar-refractivity contribution < 1.29 is 38.3 Å². The topological polar surface area (TPSA) is 155 Å². The number of ether oxygens (including phenoxy) is 1. The van der Waals surface area contributed by atoms with Crippen molar-refractivity contribution in [2.24, 2.45) is 0 Å². The second-order valence-electron chi connectivity index (χ2n) is 9.47. The zero-order chi connectivity index (χ0) is 28.1. The van der Waals surface area contributed by atoms with Crippen LogP contribution in [0.4, 0.5) is 0 Å². The van der Waals surface area contributed by atoms with Crippen molar-refractivity contribution in [2.75, 3.05) is 46.6 Å². The third kappa shape index (κ3) is 10.9. The average Bonchev–Trinajstić information content (AvgIpc) is 3.36. The van der Waals surface area contributed by atoms with Gasteiger partial charge in [0.15, 0.2) is 0 Å². The van der Waals surface area contributed by atoms with E-state index in [1.807, 2.05) is 13.8 Å². The third-order valence-electron chi connectivity index (χ3n) is 5.80. The predicted molar refractivity (Wildman–Crippen MR) is 135 cm³/mol. The molecule has 0 bridgehead atoms. The molecule has 13 heteroatoms. The number of hydroxylamine groups is 2. The van der Waals surface area contributed by atoms with Crippen LogP contribution >= 0.6 is 0 Å². The Balaban J connectivity index is 1.46. The van der Waals surface area contributed by atoms with E-state index in [9.17, 15) is 28.8 Å². The van der Waals surface area contributed by atoms with Crippen molar-refractivity contribution >= 4 is 35.4 Å². The number of amides is 6. The van der Waals surface area contributed by atoms with E-state index in [0.717, 1.165) is 9.80 Å². The number of rotatable bonds is 18. The fourth-order valence-corrected chi connectivity index (χ4v) is 3.54. The van der Waals surface area contributed by atoms with Crippen molar-refractivity contribution in [3.05, 3.63) is 24.3 Å². The van der Waals surface area contributed by atoms with Crippen LogP contribution in [0, 0.1) is 0 Å². The highest BCUT2D eigenvalue weighted by Crippen LogP contribution is 2.16. The highest BCUT2D eigenvalue weighted by Gasteiger charge is 2.24. The van der Waals surface area contributed by atoms with E-state index in [2.05, 4.69) is 10.6 Å². The molecule has 0 unspecified atom stereocenters. The third-order valence-corrected chi connectivity index (χ3v) is 5.80. The molecule has 210 valence electrons. The van der Waals surface area contributed by atoms with Crippen LogP contribution in [0.3, 0.4) is 0 Å². The molecule has 2 rings (SSSR count). The second kappa shape index (κ2) is 15.1. The van der Waals surface area contributed by atoms with Gasteiger partial charge in [0, 0.05) is 70.4 Å². The van der Waals surface area contributed by atoms with Gasteiger partial charge < -0.3 is 15.4 Å². The quantitative estimate of drug-likeness (QED) is 0.104. The summed E-state index contributed by atoms with van der Waals surface area (Å²) in [5.74, 6) is -2.09. The summed E-state index contributed by atoms with van der Waals surface area (Å²) in [4.78, 5) is 77.4. The van der Waals surface area contributed by atoms with Crippen LogP contribution < -0.4 is 10.6 Å². The van der Waals surface area contributed by atoms with Crippen LogP contribution in [0.2, 0.25) is 0 Å². The first-order chi connectivity index (χ1) is 18.0. The molecule has 0 atom stereocenters. The van der Waals surface area contributed by atoms with Gasteiger partial charge in [-0.05, 0) is 33.1 Å². The summed E-state index contributed by atoms with van der Waals surface area (Å²) >= 11 is 0. The Morgan fingerprint density at radius 2 is 1.26 bits per heavy atom. The molecule has 0 aromatic rings. The van der Waals surface area contributed by atoms with Gasteiger partial charge in [-0.2, -0.15) is 5.06 Å². The minimum atomic E-state index is -0.454. The Labute approximate surface area is 222 Å². The van der Waals surface area contributed by atoms with E-state index in [4.69, 9.17) is 9.57 Å². The Morgan fingerprint density at radius 1 is 0.816 bits per heavy atom. The molecule has 0 radical (unpaired) electrons. The van der Waals surface area contributed by atoms with Gasteiger partial charge in [-0.1, -0.05) is 0 Å². The molecular weight excluding hydrogens is 498 g/mol. The first-order valence-electron chi connectivity index (χ1n) is 12.6. The monoisotopic (exact) mass is 535 g/mol. The number of imide groups is 2. The number of hydrogen-bond donors (Lipinski definition) is 2. The fraction of sp³-hybridized carbons (Fsp3) is 0.600. The first kappa shape index (κ1) is 30.8. The van der Waals surface area contributed by atoms with Crippen molar-refractivity contribution in [1.82, 2.24) is 25.5 Å². The summed E-state index contributed by atoms with van der Waals surface area (Å²) in [5, 5.41) is 7.06. The van der Waals surface area contributed by atoms with Crippen LogP contribution in [0.1, 0.15) is 46.0 Å². The lowest BCUT2D eigenvalue weighted by molar-refractivity contribution is -0.216. The molecule has 0 saturated carbocycles. The Bertz CT molecular complexity index is 925. The van der Waals surface area contributed by atoms with Crippen LogP contribution in [0.5, 0.6) is 0 Å². The number of carbonyl (C=O) groups is 6. The van der Waals surface area contributed by atoms with E-state index < -0.39 is 29.2 Å². The highest BCUT2D eigenvalue weighted by molar-refractivity contribution is 6.13. The highest BCUT2D eigenvalue weighted by atomic mass is 16.7. The smallest absolute Gasteiger partial charge is 0.253 e. The van der Waals surface area contributed by atoms with E-state index in [-0.39, 0.29) is 44.5 Å². The fourth-order valence-electron chi connectivity index (χ4n) is 3.54. The summed E-state index contributed by atoms with van der Waals surface area (Å²) in [6, 6.07) is 0. The van der Waals surface area contributed by atoms with Gasteiger partial charge in [-0.3, -0.25) is 43.4 Å². The number of nitrogens with one attached hydrogen (secondary N) is 2. The SMILES string of the molecule is CN(COC(C)(C)CCCNC(=O)CCN1C(=O)C=CC1=O)OCCCNC(=O)CCN1C(=O)C=CC1=O. The summed E-state index contributed by atoms with van der Waals surface area (Å²) in [6.45, 7) is 5.43. The van der Waals surface area contributed by atoms with Crippen LogP contribution in [0.25, 0.3) is 0 Å². The molecule has 0 saturated heterocycles. The van der Waals surface area contributed by atoms with Crippen molar-refractivity contribution in [3.8, 4) is 0 Å². The van der Waals surface area contributed by atoms with Gasteiger partial charge in [-0.15, -0.1) is 0 Å². The lowest BCUT2D eigenvalue weighted by Crippen LogP contribution is -2.36. The molecule has 0 aliphatic carbocycles. The Hall–Kier alpha value is -3.42. The van der Waals surface area contributed by atoms with E-state index >= 15 is 0 Å². The molecule has 13 nitrogen and oxygen atoms in total. The molecule has 0 aromatic heterocycles. The summed E-state index contributed by atoms with van der Waals surface area (Å²) in [6.07, 6.45) is 6.80. The summed E-state index contributed by atoms with van der Waals surface area (Å²) in [5.41, 5.74) is -0.454. The normalized spacial score (nSPS) is 15.4. The summed E-state index contributed by atoms with van der Waals surface area (Å²) in [7, 11) is 1.73. The van der Waals surface area contributed by atoms with Crippen molar-refractivity contribution in [3.63, 3.8) is 0 Å². The minimum Gasteiger partial charge on any atom is -0.358 e. The van der Waals surface area contributed by atoms with Crippen molar-refractivity contribution in [2.45, 2.75) is 51.6 Å².